The molecule has 0 aliphatic carbocycles. The van der Waals surface area contributed by atoms with Gasteiger partial charge in [0.05, 0.1) is 6.10 Å². The number of β-amino-alcohol motifs (C(OH)–C–C–N with tert-alkyl or cyclic N) is 1. The van der Waals surface area contributed by atoms with Crippen molar-refractivity contribution in [2.24, 2.45) is 4.99 Å². The highest BCUT2D eigenvalue weighted by atomic mass is 16.6. The maximum Gasteiger partial charge on any atom is 0.437 e. The number of nitrogens with zero attached hydrogens (tertiary/aromatic N) is 4. The highest BCUT2D eigenvalue weighted by Gasteiger charge is 2.39. The Morgan fingerprint density at radius 1 is 1.16 bits per heavy atom. The van der Waals surface area contributed by atoms with Gasteiger partial charge in [0.25, 0.3) is 0 Å². The van der Waals surface area contributed by atoms with Crippen LogP contribution in [0.3, 0.4) is 0 Å². The SMILES string of the molecule is CCCCCCCCc1ccc(-c2noc([C@@H]3C[C@@H](O)CN3/C(=N/C(=O)OC(C)(C)C)NC(=O)O)n2)cc1. The summed E-state index contributed by atoms with van der Waals surface area (Å²) >= 11 is 0. The first kappa shape index (κ1) is 29.1. The van der Waals surface area contributed by atoms with Crippen LogP contribution in [-0.2, 0) is 11.2 Å². The fourth-order valence-electron chi connectivity index (χ4n) is 4.33. The second-order valence-corrected chi connectivity index (χ2v) is 10.6. The van der Waals surface area contributed by atoms with E-state index in [4.69, 9.17) is 9.26 Å². The van der Waals surface area contributed by atoms with E-state index in [0.717, 1.165) is 18.4 Å². The molecule has 2 amide bonds. The lowest BCUT2D eigenvalue weighted by molar-refractivity contribution is 0.0600. The average Bonchev–Trinajstić information content (AvgIpc) is 3.47. The summed E-state index contributed by atoms with van der Waals surface area (Å²) in [5, 5.41) is 25.9. The second kappa shape index (κ2) is 13.4. The van der Waals surface area contributed by atoms with Gasteiger partial charge in [0.2, 0.25) is 17.7 Å². The molecule has 0 radical (unpaired) electrons. The molecule has 1 aromatic heterocycles. The Morgan fingerprint density at radius 2 is 1.84 bits per heavy atom. The van der Waals surface area contributed by atoms with Crippen LogP contribution in [-0.4, -0.2) is 61.6 Å². The highest BCUT2D eigenvalue weighted by Crippen LogP contribution is 2.32. The number of rotatable bonds is 9. The third-order valence-electron chi connectivity index (χ3n) is 6.12. The predicted octanol–water partition coefficient (Wildman–Crippen LogP) is 5.31. The van der Waals surface area contributed by atoms with Crippen LogP contribution in [0.15, 0.2) is 33.8 Å². The van der Waals surface area contributed by atoms with Crippen LogP contribution in [0.2, 0.25) is 0 Å². The van der Waals surface area contributed by atoms with Gasteiger partial charge in [-0.3, -0.25) is 5.32 Å². The number of carbonyl (C=O) groups excluding carboxylic acids is 1. The van der Waals surface area contributed by atoms with Gasteiger partial charge in [0.15, 0.2) is 0 Å². The second-order valence-electron chi connectivity index (χ2n) is 10.6. The van der Waals surface area contributed by atoms with Crippen molar-refractivity contribution in [1.82, 2.24) is 20.4 Å². The van der Waals surface area contributed by atoms with E-state index in [2.05, 4.69) is 39.5 Å². The van der Waals surface area contributed by atoms with Crippen molar-refractivity contribution in [3.8, 4) is 11.4 Å². The van der Waals surface area contributed by atoms with E-state index in [-0.39, 0.29) is 24.8 Å². The van der Waals surface area contributed by atoms with Gasteiger partial charge in [-0.15, -0.1) is 4.99 Å². The van der Waals surface area contributed by atoms with Crippen LogP contribution in [0.1, 0.15) is 90.1 Å². The number of amides is 2. The Kier molecular flexibility index (Phi) is 10.2. The summed E-state index contributed by atoms with van der Waals surface area (Å²) in [6, 6.07) is 7.33. The summed E-state index contributed by atoms with van der Waals surface area (Å²) in [5.41, 5.74) is 1.22. The van der Waals surface area contributed by atoms with Crippen LogP contribution >= 0.6 is 0 Å². The number of hydrogen-bond acceptors (Lipinski definition) is 7. The lowest BCUT2D eigenvalue weighted by Gasteiger charge is -2.25. The van der Waals surface area contributed by atoms with Crippen LogP contribution in [0.5, 0.6) is 0 Å². The first-order valence-corrected chi connectivity index (χ1v) is 13.2. The molecule has 11 nitrogen and oxygen atoms in total. The van der Waals surface area contributed by atoms with E-state index in [1.807, 2.05) is 12.1 Å². The molecule has 0 spiro atoms. The molecular formula is C27H39N5O6. The van der Waals surface area contributed by atoms with Crippen molar-refractivity contribution >= 4 is 18.1 Å². The average molecular weight is 530 g/mol. The number of likely N-dealkylation sites (tertiary alicyclic amines) is 1. The zero-order chi connectivity index (χ0) is 27.7. The molecule has 3 N–H and O–H groups in total. The number of hydrogen-bond donors (Lipinski definition) is 3. The van der Waals surface area contributed by atoms with Crippen molar-refractivity contribution in [3.63, 3.8) is 0 Å². The smallest absolute Gasteiger partial charge is 0.437 e. The third kappa shape index (κ3) is 8.83. The Morgan fingerprint density at radius 3 is 2.50 bits per heavy atom. The molecule has 1 aliphatic rings. The van der Waals surface area contributed by atoms with Gasteiger partial charge in [-0.25, -0.2) is 9.59 Å². The van der Waals surface area contributed by atoms with Crippen molar-refractivity contribution in [1.29, 1.82) is 0 Å². The van der Waals surface area contributed by atoms with E-state index >= 15 is 0 Å². The van der Waals surface area contributed by atoms with Crippen LogP contribution < -0.4 is 5.32 Å². The van der Waals surface area contributed by atoms with Crippen LogP contribution in [0.25, 0.3) is 11.4 Å². The number of guanidine groups is 1. The maximum absolute atomic E-state index is 12.3. The number of aryl methyl sites for hydroxylation is 1. The van der Waals surface area contributed by atoms with E-state index in [1.54, 1.807) is 20.8 Å². The largest absolute Gasteiger partial charge is 0.465 e. The normalized spacial score (nSPS) is 18.0. The molecule has 0 unspecified atom stereocenters. The standard InChI is InChI=1S/C27H39N5O6/c1-5-6-7-8-9-10-11-18-12-14-19(15-13-18)22-28-23(38-31-22)21-16-20(33)17-32(21)24(29-25(34)35)30-26(36)37-27(2,3)4/h12-15,20-21,33H,5-11,16-17H2,1-4H3,(H,34,35)(H,29,30,36)/t20-,21+/m1/s1. The zero-order valence-electron chi connectivity index (χ0n) is 22.6. The van der Waals surface area contributed by atoms with Gasteiger partial charge in [-0.2, -0.15) is 4.98 Å². The van der Waals surface area contributed by atoms with Gasteiger partial charge in [-0.05, 0) is 39.2 Å². The van der Waals surface area contributed by atoms with Gasteiger partial charge in [-0.1, -0.05) is 68.4 Å². The molecule has 0 saturated carbocycles. The molecule has 208 valence electrons. The number of aliphatic hydroxyl groups excluding tert-OH is 1. The molecule has 1 aliphatic heterocycles. The molecule has 1 saturated heterocycles. The topological polar surface area (TPSA) is 150 Å². The molecule has 1 aromatic carbocycles. The fraction of sp³-hybridized carbons (Fsp3) is 0.593. The summed E-state index contributed by atoms with van der Waals surface area (Å²) in [4.78, 5) is 33.4. The monoisotopic (exact) mass is 529 g/mol. The molecule has 38 heavy (non-hydrogen) atoms. The molecular weight excluding hydrogens is 490 g/mol. The van der Waals surface area contributed by atoms with Crippen molar-refractivity contribution < 1.29 is 29.1 Å². The third-order valence-corrected chi connectivity index (χ3v) is 6.12. The summed E-state index contributed by atoms with van der Waals surface area (Å²) in [6.07, 6.45) is 5.52. The number of carboxylic acid groups (broad SMARTS) is 1. The molecule has 11 heteroatoms. The summed E-state index contributed by atoms with van der Waals surface area (Å²) in [7, 11) is 0. The first-order chi connectivity index (χ1) is 18.1. The van der Waals surface area contributed by atoms with Gasteiger partial charge in [0, 0.05) is 18.5 Å². The minimum absolute atomic E-state index is 0.0113. The molecule has 3 rings (SSSR count). The number of aliphatic hydroxyl groups is 1. The fourth-order valence-corrected chi connectivity index (χ4v) is 4.33. The van der Waals surface area contributed by atoms with Crippen molar-refractivity contribution in [2.75, 3.05) is 6.54 Å². The number of benzene rings is 1. The molecule has 2 heterocycles. The number of aliphatic imine (C=N–C) groups is 1. The lowest BCUT2D eigenvalue weighted by Crippen LogP contribution is -2.44. The molecule has 2 aromatic rings. The maximum atomic E-state index is 12.3. The Hall–Kier alpha value is -3.47. The molecule has 2 atom stereocenters. The van der Waals surface area contributed by atoms with Gasteiger partial charge < -0.3 is 24.4 Å². The van der Waals surface area contributed by atoms with Gasteiger partial charge >= 0.3 is 12.2 Å². The Labute approximate surface area is 223 Å². The summed E-state index contributed by atoms with van der Waals surface area (Å²) < 4.78 is 10.7. The van der Waals surface area contributed by atoms with E-state index < -0.39 is 29.9 Å². The number of ether oxygens (including phenoxy) is 1. The predicted molar refractivity (Wildman–Crippen MR) is 142 cm³/mol. The number of aromatic nitrogens is 2. The van der Waals surface area contributed by atoms with Crippen LogP contribution in [0.4, 0.5) is 9.59 Å². The summed E-state index contributed by atoms with van der Waals surface area (Å²) in [5.74, 6) is 0.271. The summed E-state index contributed by atoms with van der Waals surface area (Å²) in [6.45, 7) is 7.25. The van der Waals surface area contributed by atoms with Crippen molar-refractivity contribution in [2.45, 2.75) is 96.8 Å². The van der Waals surface area contributed by atoms with E-state index in [1.165, 1.54) is 42.6 Å². The van der Waals surface area contributed by atoms with E-state index in [9.17, 15) is 19.8 Å². The van der Waals surface area contributed by atoms with Crippen LogP contribution in [0, 0.1) is 0 Å². The first-order valence-electron chi connectivity index (χ1n) is 13.2. The number of unbranched alkanes of at least 4 members (excludes halogenated alkanes) is 5. The lowest BCUT2D eigenvalue weighted by atomic mass is 10.0. The quantitative estimate of drug-likeness (QED) is 0.223. The van der Waals surface area contributed by atoms with Gasteiger partial charge in [0.1, 0.15) is 11.6 Å². The van der Waals surface area contributed by atoms with Crippen molar-refractivity contribution in [3.05, 3.63) is 35.7 Å². The zero-order valence-corrected chi connectivity index (χ0v) is 22.6. The number of carbonyl (C=O) groups is 2. The molecule has 1 fully saturated rings. The number of nitrogens with one attached hydrogen (secondary N) is 1. The van der Waals surface area contributed by atoms with E-state index in [0.29, 0.717) is 5.82 Å². The Balaban J connectivity index is 1.71. The molecule has 0 bridgehead atoms. The highest BCUT2D eigenvalue weighted by molar-refractivity contribution is 5.98. The minimum Gasteiger partial charge on any atom is -0.465 e. The Bertz CT molecular complexity index is 1090. The minimum atomic E-state index is -1.42.